The van der Waals surface area contributed by atoms with E-state index in [-0.39, 0.29) is 24.9 Å². The van der Waals surface area contributed by atoms with Crippen molar-refractivity contribution >= 4 is 7.32 Å². The normalized spacial score (nSPS) is 10.4. The standard InChI is InChI=1S/C10H13.C6BF5O3.Ru/c1-10(2,3)9-7-5-4-6-8-9;8-1-2(9)4(11)6(15-7(13)14)5(12)3(1)10;/h4-7H,1-3H3;;/q-1;-2;+3. The second-order valence-corrected chi connectivity index (χ2v) is 5.83. The van der Waals surface area contributed by atoms with Gasteiger partial charge in [-0.3, -0.25) is 0 Å². The Balaban J connectivity index is 0.000000497. The molecule has 3 nitrogen and oxygen atoms in total. The van der Waals surface area contributed by atoms with E-state index in [9.17, 15) is 32.0 Å². The maximum atomic E-state index is 12.6. The van der Waals surface area contributed by atoms with Crippen molar-refractivity contribution in [2.45, 2.75) is 26.2 Å². The molecule has 0 aliphatic heterocycles. The number of rotatable bonds is 2. The van der Waals surface area contributed by atoms with Crippen LogP contribution in [0.15, 0.2) is 24.3 Å². The van der Waals surface area contributed by atoms with Crippen molar-refractivity contribution in [3.8, 4) is 5.75 Å². The summed E-state index contributed by atoms with van der Waals surface area (Å²) in [6.07, 6.45) is 0. The Hall–Kier alpha value is -1.50. The van der Waals surface area contributed by atoms with E-state index in [1.807, 2.05) is 12.1 Å². The summed E-state index contributed by atoms with van der Waals surface area (Å²) in [5.41, 5.74) is 1.51. The Bertz CT molecular complexity index is 695. The first-order valence-electron chi connectivity index (χ1n) is 6.93. The van der Waals surface area contributed by atoms with Gasteiger partial charge in [-0.15, -0.1) is 0 Å². The smallest absolute Gasteiger partial charge is 0.860 e. The Morgan fingerprint density at radius 2 is 1.35 bits per heavy atom. The Kier molecular flexibility index (Phi) is 9.42. The van der Waals surface area contributed by atoms with E-state index in [1.165, 1.54) is 5.56 Å². The summed E-state index contributed by atoms with van der Waals surface area (Å²) in [4.78, 5) is 0. The third-order valence-electron chi connectivity index (χ3n) is 2.90. The average molecular weight is 460 g/mol. The average Bonchev–Trinajstić information content (AvgIpc) is 2.55. The maximum Gasteiger partial charge on any atom is 3.00 e. The fourth-order valence-corrected chi connectivity index (χ4v) is 1.64. The van der Waals surface area contributed by atoms with Crippen molar-refractivity contribution in [3.63, 3.8) is 0 Å². The quantitative estimate of drug-likeness (QED) is 0.227. The first-order valence-corrected chi connectivity index (χ1v) is 6.93. The van der Waals surface area contributed by atoms with Gasteiger partial charge in [0.05, 0.1) is 0 Å². The molecular formula is C16H13BF5O3Ru. The van der Waals surface area contributed by atoms with Gasteiger partial charge in [0.15, 0.2) is 5.75 Å². The van der Waals surface area contributed by atoms with Gasteiger partial charge in [0.1, 0.15) is 7.32 Å². The van der Waals surface area contributed by atoms with Gasteiger partial charge < -0.3 is 14.7 Å². The van der Waals surface area contributed by atoms with Crippen molar-refractivity contribution < 1.29 is 56.1 Å². The minimum Gasteiger partial charge on any atom is -0.860 e. The molecule has 0 spiro atoms. The van der Waals surface area contributed by atoms with Crippen LogP contribution in [0, 0.1) is 35.2 Å². The van der Waals surface area contributed by atoms with Crippen molar-refractivity contribution in [1.82, 2.24) is 0 Å². The van der Waals surface area contributed by atoms with E-state index in [0.717, 1.165) is 0 Å². The van der Waals surface area contributed by atoms with Gasteiger partial charge in [0, 0.05) is 0 Å². The Labute approximate surface area is 160 Å². The van der Waals surface area contributed by atoms with E-state index in [4.69, 9.17) is 0 Å². The minimum absolute atomic E-state index is 0. The molecule has 0 aliphatic rings. The van der Waals surface area contributed by atoms with Gasteiger partial charge >= 0.3 is 19.5 Å². The number of hydrogen-bond donors (Lipinski definition) is 0. The topological polar surface area (TPSA) is 55.3 Å². The summed E-state index contributed by atoms with van der Waals surface area (Å²) in [5.74, 6) is -13.6. The zero-order valence-electron chi connectivity index (χ0n) is 13.9. The zero-order chi connectivity index (χ0) is 19.4. The number of benzene rings is 2. The second kappa shape index (κ2) is 9.99. The van der Waals surface area contributed by atoms with Crippen molar-refractivity contribution in [3.05, 3.63) is 65.0 Å². The van der Waals surface area contributed by atoms with Crippen LogP contribution in [0.25, 0.3) is 0 Å². The summed E-state index contributed by atoms with van der Waals surface area (Å²) >= 11 is 0. The molecule has 0 fully saturated rings. The maximum absolute atomic E-state index is 12.6. The molecule has 26 heavy (non-hydrogen) atoms. The SMILES string of the molecule is CC(C)(C)c1[c-]cccc1.[O-]B([O-])Oc1c(F)c(F)c(F)c(F)c1F.[Ru+3]. The van der Waals surface area contributed by atoms with Gasteiger partial charge in [-0.05, 0) is 5.41 Å². The van der Waals surface area contributed by atoms with E-state index in [1.54, 1.807) is 0 Å². The molecule has 0 saturated carbocycles. The number of hydrogen-bond acceptors (Lipinski definition) is 3. The molecule has 1 radical (unpaired) electrons. The molecule has 10 heteroatoms. The molecule has 0 heterocycles. The second-order valence-electron chi connectivity index (χ2n) is 5.83. The molecule has 141 valence electrons. The summed E-state index contributed by atoms with van der Waals surface area (Å²) in [6, 6.07) is 11.3. The first-order chi connectivity index (χ1) is 11.5. The molecule has 2 aromatic carbocycles. The molecule has 0 amide bonds. The van der Waals surface area contributed by atoms with Gasteiger partial charge in [-0.1, -0.05) is 20.8 Å². The van der Waals surface area contributed by atoms with Gasteiger partial charge in [0.25, 0.3) is 0 Å². The van der Waals surface area contributed by atoms with E-state index >= 15 is 0 Å². The Morgan fingerprint density at radius 1 is 0.885 bits per heavy atom. The first kappa shape index (κ1) is 24.5. The molecule has 2 aromatic rings. The molecule has 2 rings (SSSR count). The van der Waals surface area contributed by atoms with Crippen LogP contribution in [-0.4, -0.2) is 7.32 Å². The molecular weight excluding hydrogens is 447 g/mol. The van der Waals surface area contributed by atoms with E-state index < -0.39 is 42.2 Å². The molecule has 0 unspecified atom stereocenters. The molecule has 0 aliphatic carbocycles. The minimum atomic E-state index is -3.20. The van der Waals surface area contributed by atoms with E-state index in [2.05, 4.69) is 43.6 Å². The van der Waals surface area contributed by atoms with Crippen LogP contribution >= 0.6 is 0 Å². The predicted molar refractivity (Wildman–Crippen MR) is 76.6 cm³/mol. The van der Waals surface area contributed by atoms with Crippen LogP contribution in [0.1, 0.15) is 26.3 Å². The van der Waals surface area contributed by atoms with Crippen molar-refractivity contribution in [2.24, 2.45) is 0 Å². The molecule has 0 aromatic heterocycles. The molecule has 0 atom stereocenters. The van der Waals surface area contributed by atoms with Crippen LogP contribution in [-0.2, 0) is 24.9 Å². The summed E-state index contributed by atoms with van der Waals surface area (Å²) in [5, 5.41) is 19.7. The molecule has 0 N–H and O–H groups in total. The van der Waals surface area contributed by atoms with Gasteiger partial charge in [0.2, 0.25) is 29.1 Å². The van der Waals surface area contributed by atoms with Gasteiger partial charge in [-0.2, -0.15) is 44.7 Å². The molecule has 0 saturated heterocycles. The predicted octanol–water partition coefficient (Wildman–Crippen LogP) is 2.25. The summed E-state index contributed by atoms with van der Waals surface area (Å²) in [6.45, 7) is 6.58. The van der Waals surface area contributed by atoms with Crippen LogP contribution in [0.5, 0.6) is 5.75 Å². The molecule has 0 bridgehead atoms. The fraction of sp³-hybridized carbons (Fsp3) is 0.250. The number of halogens is 5. The van der Waals surface area contributed by atoms with Crippen molar-refractivity contribution in [1.29, 1.82) is 0 Å². The van der Waals surface area contributed by atoms with E-state index in [0.29, 0.717) is 0 Å². The van der Waals surface area contributed by atoms with Gasteiger partial charge in [-0.25, -0.2) is 13.2 Å². The monoisotopic (exact) mass is 461 g/mol. The Morgan fingerprint density at radius 3 is 1.65 bits per heavy atom. The fourth-order valence-electron chi connectivity index (χ4n) is 1.64. The van der Waals surface area contributed by atoms with Crippen LogP contribution < -0.4 is 14.7 Å². The third kappa shape index (κ3) is 6.34. The summed E-state index contributed by atoms with van der Waals surface area (Å²) in [7, 11) is -3.20. The van der Waals surface area contributed by atoms with Crippen LogP contribution in [0.2, 0.25) is 0 Å². The van der Waals surface area contributed by atoms with Crippen LogP contribution in [0.4, 0.5) is 22.0 Å². The van der Waals surface area contributed by atoms with Crippen molar-refractivity contribution in [2.75, 3.05) is 0 Å². The largest absolute Gasteiger partial charge is 3.00 e. The third-order valence-corrected chi connectivity index (χ3v) is 2.90. The summed E-state index contributed by atoms with van der Waals surface area (Å²) < 4.78 is 65.9. The zero-order valence-corrected chi connectivity index (χ0v) is 15.6. The van der Waals surface area contributed by atoms with Crippen LogP contribution in [0.3, 0.4) is 0 Å².